The maximum absolute atomic E-state index is 5.93. The largest absolute Gasteiger partial charge is 0.398 e. The Bertz CT molecular complexity index is 636. The predicted octanol–water partition coefficient (Wildman–Crippen LogP) is 2.25. The summed E-state index contributed by atoms with van der Waals surface area (Å²) in [6, 6.07) is 8.11. The van der Waals surface area contributed by atoms with Gasteiger partial charge >= 0.3 is 5.89 Å². The standard InChI is InChI=1S/C15H19N2O2S/c1-16-12-5-3-4-6-13(12)19-14(16)11-15-17(7-9-18-2)8-10-20-15/h3-6,11H,7-10H2,1-2H3/q+1. The Kier molecular flexibility index (Phi) is 3.98. The van der Waals surface area contributed by atoms with Gasteiger partial charge in [-0.25, -0.2) is 0 Å². The van der Waals surface area contributed by atoms with E-state index in [0.29, 0.717) is 0 Å². The first kappa shape index (κ1) is 13.5. The number of aryl methyl sites for hydroxylation is 1. The van der Waals surface area contributed by atoms with Crippen LogP contribution in [0.2, 0.25) is 0 Å². The Balaban J connectivity index is 1.91. The third-order valence-electron chi connectivity index (χ3n) is 3.51. The molecular formula is C15H19N2O2S+. The van der Waals surface area contributed by atoms with Crippen LogP contribution in [0.15, 0.2) is 33.7 Å². The van der Waals surface area contributed by atoms with Crippen molar-refractivity contribution in [2.75, 3.05) is 32.6 Å². The summed E-state index contributed by atoms with van der Waals surface area (Å²) in [5.41, 5.74) is 2.04. The molecule has 0 atom stereocenters. The van der Waals surface area contributed by atoms with Crippen LogP contribution >= 0.6 is 11.8 Å². The van der Waals surface area contributed by atoms with Gasteiger partial charge < -0.3 is 14.1 Å². The molecule has 2 heterocycles. The highest BCUT2D eigenvalue weighted by atomic mass is 32.2. The van der Waals surface area contributed by atoms with Crippen molar-refractivity contribution in [2.45, 2.75) is 0 Å². The monoisotopic (exact) mass is 291 g/mol. The minimum Gasteiger partial charge on any atom is -0.398 e. The zero-order valence-electron chi connectivity index (χ0n) is 11.8. The van der Waals surface area contributed by atoms with Gasteiger partial charge in [0, 0.05) is 32.0 Å². The molecule has 0 amide bonds. The van der Waals surface area contributed by atoms with E-state index in [0.717, 1.165) is 42.4 Å². The summed E-state index contributed by atoms with van der Waals surface area (Å²) in [4.78, 5) is 2.35. The molecule has 20 heavy (non-hydrogen) atoms. The molecule has 106 valence electrons. The molecule has 0 aliphatic carbocycles. The molecule has 0 bridgehead atoms. The summed E-state index contributed by atoms with van der Waals surface area (Å²) in [5, 5.41) is 1.26. The number of methoxy groups -OCH3 is 1. The molecule has 0 saturated carbocycles. The van der Waals surface area contributed by atoms with E-state index in [-0.39, 0.29) is 0 Å². The average molecular weight is 291 g/mol. The number of fused-ring (bicyclic) bond motifs is 1. The zero-order valence-corrected chi connectivity index (χ0v) is 12.7. The summed E-state index contributed by atoms with van der Waals surface area (Å²) < 4.78 is 13.2. The smallest absolute Gasteiger partial charge is 0.376 e. The topological polar surface area (TPSA) is 29.5 Å². The first-order valence-corrected chi connectivity index (χ1v) is 7.74. The van der Waals surface area contributed by atoms with Crippen molar-refractivity contribution in [3.63, 3.8) is 0 Å². The van der Waals surface area contributed by atoms with Gasteiger partial charge in [-0.1, -0.05) is 12.1 Å². The second-order valence-electron chi connectivity index (χ2n) is 4.78. The van der Waals surface area contributed by atoms with Gasteiger partial charge in [-0.05, 0) is 6.07 Å². The van der Waals surface area contributed by atoms with Crippen molar-refractivity contribution in [1.82, 2.24) is 4.90 Å². The van der Waals surface area contributed by atoms with Crippen LogP contribution < -0.4 is 4.57 Å². The first-order chi connectivity index (χ1) is 9.79. The molecule has 5 heteroatoms. The highest BCUT2D eigenvalue weighted by Crippen LogP contribution is 2.29. The fourth-order valence-electron chi connectivity index (χ4n) is 2.37. The minimum absolute atomic E-state index is 0.754. The molecule has 1 saturated heterocycles. The van der Waals surface area contributed by atoms with E-state index in [9.17, 15) is 0 Å². The van der Waals surface area contributed by atoms with E-state index in [4.69, 9.17) is 9.15 Å². The van der Waals surface area contributed by atoms with Gasteiger partial charge in [-0.15, -0.1) is 11.8 Å². The number of hydrogen-bond acceptors (Lipinski definition) is 4. The van der Waals surface area contributed by atoms with Crippen molar-refractivity contribution < 1.29 is 13.7 Å². The normalized spacial score (nSPS) is 17.5. The lowest BCUT2D eigenvalue weighted by Crippen LogP contribution is -2.30. The number of hydrogen-bond donors (Lipinski definition) is 0. The maximum Gasteiger partial charge on any atom is 0.376 e. The number of aromatic nitrogens is 1. The van der Waals surface area contributed by atoms with Crippen LogP contribution in [0.4, 0.5) is 0 Å². The highest BCUT2D eigenvalue weighted by Gasteiger charge is 2.22. The third kappa shape index (κ3) is 2.55. The molecule has 1 fully saturated rings. The number of rotatable bonds is 4. The number of thioether (sulfide) groups is 1. The molecule has 0 radical (unpaired) electrons. The molecule has 0 spiro atoms. The Labute approximate surface area is 123 Å². The van der Waals surface area contributed by atoms with E-state index in [1.807, 2.05) is 37.0 Å². The van der Waals surface area contributed by atoms with Crippen LogP contribution in [0.25, 0.3) is 17.2 Å². The molecular weight excluding hydrogens is 272 g/mol. The fourth-order valence-corrected chi connectivity index (χ4v) is 3.44. The quantitative estimate of drug-likeness (QED) is 0.808. The van der Waals surface area contributed by atoms with Crippen LogP contribution in [0.5, 0.6) is 0 Å². The lowest BCUT2D eigenvalue weighted by Gasteiger charge is -2.17. The molecule has 0 N–H and O–H groups in total. The zero-order chi connectivity index (χ0) is 13.9. The molecule has 3 rings (SSSR count). The lowest BCUT2D eigenvalue weighted by atomic mass is 10.3. The average Bonchev–Trinajstić information content (AvgIpc) is 3.03. The molecule has 0 unspecified atom stereocenters. The summed E-state index contributed by atoms with van der Waals surface area (Å²) in [5.74, 6) is 2.01. The van der Waals surface area contributed by atoms with Crippen molar-refractivity contribution in [2.24, 2.45) is 7.05 Å². The first-order valence-electron chi connectivity index (χ1n) is 6.75. The van der Waals surface area contributed by atoms with Gasteiger partial charge in [-0.3, -0.25) is 0 Å². The number of para-hydroxylation sites is 2. The second kappa shape index (κ2) is 5.89. The van der Waals surface area contributed by atoms with Crippen LogP contribution in [0.1, 0.15) is 5.89 Å². The van der Waals surface area contributed by atoms with Crippen LogP contribution in [-0.4, -0.2) is 37.5 Å². The molecule has 2 aromatic rings. The van der Waals surface area contributed by atoms with Gasteiger partial charge in [-0.2, -0.15) is 4.57 Å². The fraction of sp³-hybridized carbons (Fsp3) is 0.400. The predicted molar refractivity (Wildman–Crippen MR) is 81.3 cm³/mol. The van der Waals surface area contributed by atoms with E-state index in [2.05, 4.69) is 21.6 Å². The number of benzene rings is 1. The minimum atomic E-state index is 0.754. The van der Waals surface area contributed by atoms with Gasteiger partial charge in [0.15, 0.2) is 0 Å². The number of ether oxygens (including phenoxy) is 1. The van der Waals surface area contributed by atoms with Gasteiger partial charge in [0.2, 0.25) is 5.58 Å². The highest BCUT2D eigenvalue weighted by molar-refractivity contribution is 8.03. The van der Waals surface area contributed by atoms with Crippen molar-refractivity contribution >= 4 is 28.9 Å². The molecule has 4 nitrogen and oxygen atoms in total. The van der Waals surface area contributed by atoms with E-state index >= 15 is 0 Å². The summed E-state index contributed by atoms with van der Waals surface area (Å²) in [6.07, 6.45) is 2.13. The molecule has 1 aromatic heterocycles. The summed E-state index contributed by atoms with van der Waals surface area (Å²) in [6.45, 7) is 2.76. The van der Waals surface area contributed by atoms with Crippen LogP contribution in [0.3, 0.4) is 0 Å². The Hall–Kier alpha value is -1.46. The van der Waals surface area contributed by atoms with Crippen molar-refractivity contribution in [1.29, 1.82) is 0 Å². The Morgan fingerprint density at radius 2 is 2.30 bits per heavy atom. The summed E-state index contributed by atoms with van der Waals surface area (Å²) >= 11 is 1.87. The van der Waals surface area contributed by atoms with Crippen molar-refractivity contribution in [3.05, 3.63) is 35.2 Å². The molecule has 1 aliphatic heterocycles. The van der Waals surface area contributed by atoms with Gasteiger partial charge in [0.05, 0.1) is 17.7 Å². The van der Waals surface area contributed by atoms with Crippen LogP contribution in [0, 0.1) is 0 Å². The van der Waals surface area contributed by atoms with Crippen molar-refractivity contribution in [3.8, 4) is 0 Å². The summed E-state index contributed by atoms with van der Waals surface area (Å²) in [7, 11) is 3.78. The van der Waals surface area contributed by atoms with E-state index in [1.54, 1.807) is 7.11 Å². The van der Waals surface area contributed by atoms with Gasteiger partial charge in [0.25, 0.3) is 5.52 Å². The SMILES string of the molecule is COCCN1CCSC1=Cc1oc2ccccc2[n+]1C. The molecule has 1 aliphatic rings. The van der Waals surface area contributed by atoms with Crippen LogP contribution in [-0.2, 0) is 11.8 Å². The Morgan fingerprint density at radius 1 is 1.45 bits per heavy atom. The Morgan fingerprint density at radius 3 is 3.10 bits per heavy atom. The lowest BCUT2D eigenvalue weighted by molar-refractivity contribution is -0.652. The third-order valence-corrected chi connectivity index (χ3v) is 4.57. The number of oxazole rings is 1. The maximum atomic E-state index is 5.93. The van der Waals surface area contributed by atoms with E-state index < -0.39 is 0 Å². The molecule has 1 aromatic carbocycles. The van der Waals surface area contributed by atoms with E-state index in [1.165, 1.54) is 5.03 Å². The van der Waals surface area contributed by atoms with Gasteiger partial charge in [0.1, 0.15) is 7.05 Å². The second-order valence-corrected chi connectivity index (χ2v) is 5.89. The number of nitrogens with zero attached hydrogens (tertiary/aromatic N) is 2.